The van der Waals surface area contributed by atoms with Crippen LogP contribution in [-0.4, -0.2) is 15.7 Å². The van der Waals surface area contributed by atoms with Crippen LogP contribution in [0, 0.1) is 5.92 Å². The first-order chi connectivity index (χ1) is 13.1. The lowest BCUT2D eigenvalue weighted by atomic mass is 9.64. The predicted octanol–water partition coefficient (Wildman–Crippen LogP) is 2.52. The normalized spacial score (nSPS) is 19.9. The van der Waals surface area contributed by atoms with E-state index in [2.05, 4.69) is 9.67 Å². The van der Waals surface area contributed by atoms with Crippen molar-refractivity contribution in [1.29, 1.82) is 0 Å². The van der Waals surface area contributed by atoms with Gasteiger partial charge in [0.1, 0.15) is 5.41 Å². The maximum atomic E-state index is 13.1. The van der Waals surface area contributed by atoms with Crippen LogP contribution in [0.1, 0.15) is 36.4 Å². The van der Waals surface area contributed by atoms with Crippen molar-refractivity contribution >= 4 is 5.91 Å². The molecule has 1 amide bonds. The largest absolute Gasteiger partial charge is 0.369 e. The fourth-order valence-electron chi connectivity index (χ4n) is 4.73. The number of hydrogen-bond acceptors (Lipinski definition) is 2. The summed E-state index contributed by atoms with van der Waals surface area (Å²) in [5.41, 5.74) is 7.28. The van der Waals surface area contributed by atoms with Gasteiger partial charge in [-0.3, -0.25) is 4.79 Å². The van der Waals surface area contributed by atoms with Crippen LogP contribution in [0.2, 0.25) is 0 Å². The van der Waals surface area contributed by atoms with E-state index in [1.807, 2.05) is 85.0 Å². The van der Waals surface area contributed by atoms with Gasteiger partial charge in [-0.15, -0.1) is 4.68 Å². The summed E-state index contributed by atoms with van der Waals surface area (Å²) in [6.07, 6.45) is 6.71. The number of carbonyl (C=O) groups excluding carboxylic acids is 1. The molecule has 0 radical (unpaired) electrons. The van der Waals surface area contributed by atoms with Crippen molar-refractivity contribution in [2.24, 2.45) is 18.7 Å². The van der Waals surface area contributed by atoms with Crippen LogP contribution in [-0.2, 0) is 17.3 Å². The predicted molar refractivity (Wildman–Crippen MR) is 103 cm³/mol. The van der Waals surface area contributed by atoms with Crippen LogP contribution in [0.5, 0.6) is 0 Å². The molecule has 0 bridgehead atoms. The van der Waals surface area contributed by atoms with Crippen molar-refractivity contribution in [2.45, 2.75) is 30.7 Å². The first kappa shape index (κ1) is 17.5. The molecule has 2 aromatic carbocycles. The van der Waals surface area contributed by atoms with E-state index < -0.39 is 5.41 Å². The molecular formula is C22H25N4O+. The maximum Gasteiger partial charge on any atom is 0.265 e. The topological polar surface area (TPSA) is 64.8 Å². The van der Waals surface area contributed by atoms with Gasteiger partial charge in [0, 0.05) is 5.10 Å². The van der Waals surface area contributed by atoms with Gasteiger partial charge in [-0.1, -0.05) is 60.7 Å². The highest BCUT2D eigenvalue weighted by molar-refractivity contribution is 5.91. The second-order valence-corrected chi connectivity index (χ2v) is 7.44. The number of aryl methyl sites for hydroxylation is 1. The van der Waals surface area contributed by atoms with Gasteiger partial charge in [-0.05, 0) is 36.3 Å². The summed E-state index contributed by atoms with van der Waals surface area (Å²) >= 11 is 0. The second kappa shape index (κ2) is 6.99. The number of carbonyl (C=O) groups is 1. The van der Waals surface area contributed by atoms with E-state index in [9.17, 15) is 4.79 Å². The summed E-state index contributed by atoms with van der Waals surface area (Å²) in [5.74, 6) is -0.140. The van der Waals surface area contributed by atoms with E-state index in [0.717, 1.165) is 30.4 Å². The molecule has 2 N–H and O–H groups in total. The van der Waals surface area contributed by atoms with Gasteiger partial charge in [0.2, 0.25) is 12.2 Å². The Morgan fingerprint density at radius 1 is 1.07 bits per heavy atom. The lowest BCUT2D eigenvalue weighted by Gasteiger charge is -2.37. The number of primary amides is 1. The highest BCUT2D eigenvalue weighted by Crippen LogP contribution is 2.48. The van der Waals surface area contributed by atoms with Crippen LogP contribution in [0.4, 0.5) is 0 Å². The van der Waals surface area contributed by atoms with E-state index >= 15 is 0 Å². The summed E-state index contributed by atoms with van der Waals surface area (Å²) in [5, 5.41) is 4.29. The van der Waals surface area contributed by atoms with Crippen LogP contribution in [0.25, 0.3) is 0 Å². The first-order valence-corrected chi connectivity index (χ1v) is 9.42. The average Bonchev–Trinajstić information content (AvgIpc) is 3.33. The Bertz CT molecular complexity index is 880. The molecule has 27 heavy (non-hydrogen) atoms. The van der Waals surface area contributed by atoms with Crippen molar-refractivity contribution in [3.05, 3.63) is 84.4 Å². The quantitative estimate of drug-likeness (QED) is 0.710. The summed E-state index contributed by atoms with van der Waals surface area (Å²) in [6, 6.07) is 20.3. The zero-order valence-corrected chi connectivity index (χ0v) is 15.5. The molecular weight excluding hydrogens is 336 g/mol. The van der Waals surface area contributed by atoms with E-state index in [4.69, 9.17) is 5.73 Å². The highest BCUT2D eigenvalue weighted by Gasteiger charge is 2.50. The van der Waals surface area contributed by atoms with Gasteiger partial charge < -0.3 is 5.73 Å². The second-order valence-electron chi connectivity index (χ2n) is 7.44. The molecule has 2 atom stereocenters. The number of aromatic nitrogens is 3. The minimum atomic E-state index is -0.819. The molecule has 0 spiro atoms. The molecule has 1 saturated carbocycles. The number of nitrogens with two attached hydrogens (primary N) is 1. The van der Waals surface area contributed by atoms with E-state index in [0.29, 0.717) is 6.04 Å². The Morgan fingerprint density at radius 2 is 1.67 bits per heavy atom. The van der Waals surface area contributed by atoms with Crippen LogP contribution in [0.15, 0.2) is 73.3 Å². The van der Waals surface area contributed by atoms with Gasteiger partial charge in [-0.2, -0.15) is 0 Å². The van der Waals surface area contributed by atoms with Crippen LogP contribution >= 0.6 is 0 Å². The number of nitrogens with zero attached hydrogens (tertiary/aromatic N) is 3. The van der Waals surface area contributed by atoms with Gasteiger partial charge in [-0.25, -0.2) is 4.57 Å². The molecule has 0 unspecified atom stereocenters. The molecule has 1 heterocycles. The Balaban J connectivity index is 1.80. The number of amides is 1. The Morgan fingerprint density at radius 3 is 2.15 bits per heavy atom. The van der Waals surface area contributed by atoms with Gasteiger partial charge in [0.25, 0.3) is 6.33 Å². The summed E-state index contributed by atoms with van der Waals surface area (Å²) in [6.45, 7) is 0. The summed E-state index contributed by atoms with van der Waals surface area (Å²) in [4.78, 5) is 13.1. The number of hydrogen-bond donors (Lipinski definition) is 1. The van der Waals surface area contributed by atoms with Crippen molar-refractivity contribution in [3.63, 3.8) is 0 Å². The molecule has 5 heteroatoms. The summed E-state index contributed by atoms with van der Waals surface area (Å²) < 4.78 is 3.96. The minimum absolute atomic E-state index is 0.137. The molecule has 0 saturated heterocycles. The molecule has 1 fully saturated rings. The molecule has 138 valence electrons. The zero-order valence-electron chi connectivity index (χ0n) is 15.5. The molecule has 5 nitrogen and oxygen atoms in total. The molecule has 1 aromatic heterocycles. The van der Waals surface area contributed by atoms with E-state index in [1.54, 1.807) is 0 Å². The average molecular weight is 361 g/mol. The molecule has 1 aliphatic rings. The Hall–Kier alpha value is -2.95. The van der Waals surface area contributed by atoms with Gasteiger partial charge in [0.05, 0.1) is 13.1 Å². The molecule has 3 aromatic rings. The summed E-state index contributed by atoms with van der Waals surface area (Å²) in [7, 11) is 1.92. The van der Waals surface area contributed by atoms with E-state index in [-0.39, 0.29) is 11.8 Å². The van der Waals surface area contributed by atoms with Crippen molar-refractivity contribution in [2.75, 3.05) is 0 Å². The third kappa shape index (κ3) is 2.93. The fourth-order valence-corrected chi connectivity index (χ4v) is 4.73. The minimum Gasteiger partial charge on any atom is -0.369 e. The van der Waals surface area contributed by atoms with E-state index in [1.165, 1.54) is 0 Å². The van der Waals surface area contributed by atoms with Crippen molar-refractivity contribution in [3.8, 4) is 0 Å². The lowest BCUT2D eigenvalue weighted by molar-refractivity contribution is -0.722. The zero-order chi connectivity index (χ0) is 18.9. The molecule has 4 rings (SSSR count). The standard InChI is InChI=1S/C22H24N4O/c1-25-16-26(15-24-25)20-13-12-19(14-20)22(21(23)27,17-8-4-2-5-9-17)18-10-6-3-7-11-18/h2-11,15-16,19-20H,12-14H2,1H3,(H-,23,27)/p+1/t19-,20+/m1/s1. The monoisotopic (exact) mass is 361 g/mol. The third-order valence-corrected chi connectivity index (χ3v) is 5.95. The number of rotatable bonds is 5. The first-order valence-electron chi connectivity index (χ1n) is 9.42. The maximum absolute atomic E-state index is 13.1. The number of benzene rings is 2. The third-order valence-electron chi connectivity index (χ3n) is 5.95. The molecule has 0 aliphatic heterocycles. The SMILES string of the molecule is Cn1c[n+]([C@H]2CC[C@@H](C(C(N)=O)(c3ccccc3)c3ccccc3)C2)cn1. The fraction of sp³-hybridized carbons (Fsp3) is 0.318. The highest BCUT2D eigenvalue weighted by atomic mass is 16.1. The van der Waals surface area contributed by atoms with Crippen molar-refractivity contribution < 1.29 is 9.36 Å². The van der Waals surface area contributed by atoms with Crippen molar-refractivity contribution in [1.82, 2.24) is 9.78 Å². The Kier molecular flexibility index (Phi) is 4.52. The lowest BCUT2D eigenvalue weighted by Crippen LogP contribution is -2.48. The smallest absolute Gasteiger partial charge is 0.265 e. The molecule has 1 aliphatic carbocycles. The van der Waals surface area contributed by atoms with Crippen LogP contribution in [0.3, 0.4) is 0 Å². The van der Waals surface area contributed by atoms with Gasteiger partial charge in [0.15, 0.2) is 0 Å². The van der Waals surface area contributed by atoms with Crippen LogP contribution < -0.4 is 10.3 Å². The van der Waals surface area contributed by atoms with Gasteiger partial charge >= 0.3 is 0 Å². The Labute approximate surface area is 159 Å².